The molecule has 0 saturated heterocycles. The molecule has 66 valence electrons. The molecular weight excluding hydrogens is 174 g/mol. The first-order valence-electron chi connectivity index (χ1n) is 3.51. The van der Waals surface area contributed by atoms with Crippen LogP contribution >= 0.6 is 11.3 Å². The van der Waals surface area contributed by atoms with Crippen LogP contribution in [0.5, 0.6) is 0 Å². The number of thiophene rings is 1. The van der Waals surface area contributed by atoms with Crippen LogP contribution in [0.25, 0.3) is 0 Å². The van der Waals surface area contributed by atoms with E-state index < -0.39 is 0 Å². The van der Waals surface area contributed by atoms with Gasteiger partial charge in [0.15, 0.2) is 0 Å². The number of hydrogen-bond donors (Lipinski definition) is 3. The van der Waals surface area contributed by atoms with Gasteiger partial charge in [0.1, 0.15) is 0 Å². The second kappa shape index (κ2) is 4.08. The highest BCUT2D eigenvalue weighted by atomic mass is 32.1. The first-order valence-corrected chi connectivity index (χ1v) is 4.39. The zero-order valence-electron chi connectivity index (χ0n) is 6.54. The van der Waals surface area contributed by atoms with Crippen molar-refractivity contribution in [2.24, 2.45) is 5.73 Å². The highest BCUT2D eigenvalue weighted by Gasteiger charge is 1.99. The molecule has 0 bridgehead atoms. The molecule has 1 rings (SSSR count). The predicted molar refractivity (Wildman–Crippen MR) is 49.6 cm³/mol. The number of amides is 1. The highest BCUT2D eigenvalue weighted by molar-refractivity contribution is 7.10. The van der Waals surface area contributed by atoms with E-state index in [9.17, 15) is 4.79 Å². The van der Waals surface area contributed by atoms with E-state index in [2.05, 4.69) is 5.32 Å². The molecule has 0 unspecified atom stereocenters. The summed E-state index contributed by atoms with van der Waals surface area (Å²) >= 11 is 1.56. The summed E-state index contributed by atoms with van der Waals surface area (Å²) in [5, 5.41) is 4.80. The van der Waals surface area contributed by atoms with Crippen molar-refractivity contribution in [3.63, 3.8) is 0 Å². The third kappa shape index (κ3) is 2.52. The lowest BCUT2D eigenvalue weighted by atomic mass is 10.4. The molecule has 1 amide bonds. The van der Waals surface area contributed by atoms with E-state index in [4.69, 9.17) is 11.5 Å². The number of primary amides is 1. The molecule has 1 aromatic heterocycles. The minimum atomic E-state index is -0.356. The Labute approximate surface area is 74.6 Å². The summed E-state index contributed by atoms with van der Waals surface area (Å²) in [6.45, 7) is 0.795. The van der Waals surface area contributed by atoms with Crippen molar-refractivity contribution in [1.29, 1.82) is 0 Å². The quantitative estimate of drug-likeness (QED) is 0.613. The van der Waals surface area contributed by atoms with Gasteiger partial charge < -0.3 is 16.8 Å². The predicted octanol–water partition coefficient (Wildman–Crippen LogP) is -0.0948. The molecule has 0 saturated carbocycles. The lowest BCUT2D eigenvalue weighted by molar-refractivity contribution is -0.117. The first kappa shape index (κ1) is 9.02. The third-order valence-corrected chi connectivity index (χ3v) is 2.30. The van der Waals surface area contributed by atoms with Crippen LogP contribution < -0.4 is 16.8 Å². The summed E-state index contributed by atoms with van der Waals surface area (Å²) in [6, 6.07) is 1.84. The zero-order chi connectivity index (χ0) is 8.97. The molecule has 0 fully saturated rings. The van der Waals surface area contributed by atoms with Gasteiger partial charge in [0.25, 0.3) is 0 Å². The number of rotatable bonds is 4. The van der Waals surface area contributed by atoms with Crippen LogP contribution in [0.15, 0.2) is 11.4 Å². The number of nitrogens with two attached hydrogens (primary N) is 2. The zero-order valence-corrected chi connectivity index (χ0v) is 7.36. The minimum Gasteiger partial charge on any atom is -0.398 e. The molecule has 1 aromatic rings. The van der Waals surface area contributed by atoms with Crippen molar-refractivity contribution >= 4 is 22.9 Å². The van der Waals surface area contributed by atoms with Gasteiger partial charge in [-0.25, -0.2) is 0 Å². The Bertz CT molecular complexity index is 271. The van der Waals surface area contributed by atoms with E-state index in [0.29, 0.717) is 6.54 Å². The largest absolute Gasteiger partial charge is 0.398 e. The molecule has 5 N–H and O–H groups in total. The maximum atomic E-state index is 10.3. The van der Waals surface area contributed by atoms with Gasteiger partial charge in [-0.2, -0.15) is 0 Å². The molecule has 1 heterocycles. The average Bonchev–Trinajstić information content (AvgIpc) is 2.36. The molecule has 0 aromatic carbocycles. The maximum Gasteiger partial charge on any atom is 0.231 e. The van der Waals surface area contributed by atoms with Gasteiger partial charge in [-0.1, -0.05) is 0 Å². The molecule has 0 radical (unpaired) electrons. The third-order valence-electron chi connectivity index (χ3n) is 1.36. The molecule has 0 aliphatic rings. The van der Waals surface area contributed by atoms with Crippen molar-refractivity contribution in [2.75, 3.05) is 12.3 Å². The van der Waals surface area contributed by atoms with Gasteiger partial charge in [-0.15, -0.1) is 11.3 Å². The van der Waals surface area contributed by atoms with Crippen LogP contribution in [0.3, 0.4) is 0 Å². The Balaban J connectivity index is 2.33. The van der Waals surface area contributed by atoms with E-state index in [1.54, 1.807) is 11.3 Å². The fraction of sp³-hybridized carbons (Fsp3) is 0.286. The molecule has 0 aliphatic heterocycles. The van der Waals surface area contributed by atoms with Crippen molar-refractivity contribution in [3.05, 3.63) is 16.3 Å². The Morgan fingerprint density at radius 2 is 2.42 bits per heavy atom. The smallest absolute Gasteiger partial charge is 0.231 e. The van der Waals surface area contributed by atoms with Crippen LogP contribution in [-0.2, 0) is 11.3 Å². The topological polar surface area (TPSA) is 81.1 Å². The standard InChI is InChI=1S/C7H11N3OS/c8-5-1-2-12-6(5)3-10-4-7(9)11/h1-2,10H,3-4,8H2,(H2,9,11). The van der Waals surface area contributed by atoms with Gasteiger partial charge >= 0.3 is 0 Å². The lowest BCUT2D eigenvalue weighted by Crippen LogP contribution is -2.27. The Morgan fingerprint density at radius 3 is 2.92 bits per heavy atom. The summed E-state index contributed by atoms with van der Waals surface area (Å²) < 4.78 is 0. The van der Waals surface area contributed by atoms with Crippen LogP contribution in [0.2, 0.25) is 0 Å². The molecular formula is C7H11N3OS. The van der Waals surface area contributed by atoms with E-state index >= 15 is 0 Å². The van der Waals surface area contributed by atoms with Gasteiger partial charge in [0.2, 0.25) is 5.91 Å². The average molecular weight is 185 g/mol. The van der Waals surface area contributed by atoms with Gasteiger partial charge in [0, 0.05) is 17.1 Å². The number of carbonyl (C=O) groups excluding carboxylic acids is 1. The molecule has 5 heteroatoms. The molecule has 0 spiro atoms. The fourth-order valence-electron chi connectivity index (χ4n) is 0.793. The highest BCUT2D eigenvalue weighted by Crippen LogP contribution is 2.17. The SMILES string of the molecule is NC(=O)CNCc1sccc1N. The van der Waals surface area contributed by atoms with Crippen molar-refractivity contribution in [3.8, 4) is 0 Å². The Kier molecular flexibility index (Phi) is 3.07. The number of nitrogen functional groups attached to an aromatic ring is 1. The second-order valence-electron chi connectivity index (χ2n) is 2.37. The van der Waals surface area contributed by atoms with Crippen molar-refractivity contribution < 1.29 is 4.79 Å². The van der Waals surface area contributed by atoms with Crippen LogP contribution in [0.4, 0.5) is 5.69 Å². The normalized spacial score (nSPS) is 10.0. The summed E-state index contributed by atoms with van der Waals surface area (Å²) in [5.41, 5.74) is 11.3. The van der Waals surface area contributed by atoms with E-state index in [-0.39, 0.29) is 12.5 Å². The van der Waals surface area contributed by atoms with E-state index in [1.807, 2.05) is 11.4 Å². The summed E-state index contributed by atoms with van der Waals surface area (Å²) in [4.78, 5) is 11.4. The van der Waals surface area contributed by atoms with Crippen molar-refractivity contribution in [2.45, 2.75) is 6.54 Å². The molecule has 0 aliphatic carbocycles. The number of anilines is 1. The monoisotopic (exact) mass is 185 g/mol. The minimum absolute atomic E-state index is 0.192. The van der Waals surface area contributed by atoms with Gasteiger partial charge in [-0.05, 0) is 11.4 Å². The number of nitrogens with one attached hydrogen (secondary N) is 1. The van der Waals surface area contributed by atoms with Crippen LogP contribution in [-0.4, -0.2) is 12.5 Å². The summed E-state index contributed by atoms with van der Waals surface area (Å²) in [7, 11) is 0. The Hall–Kier alpha value is -1.07. The molecule has 0 atom stereocenters. The Morgan fingerprint density at radius 1 is 1.67 bits per heavy atom. The van der Waals surface area contributed by atoms with Gasteiger partial charge in [0.05, 0.1) is 6.54 Å². The summed E-state index contributed by atoms with van der Waals surface area (Å²) in [5.74, 6) is -0.356. The lowest BCUT2D eigenvalue weighted by Gasteiger charge is -1.99. The van der Waals surface area contributed by atoms with Crippen LogP contribution in [0.1, 0.15) is 4.88 Å². The number of hydrogen-bond acceptors (Lipinski definition) is 4. The molecule has 12 heavy (non-hydrogen) atoms. The van der Waals surface area contributed by atoms with E-state index in [1.165, 1.54) is 0 Å². The molecule has 4 nitrogen and oxygen atoms in total. The fourth-order valence-corrected chi connectivity index (χ4v) is 1.56. The maximum absolute atomic E-state index is 10.3. The van der Waals surface area contributed by atoms with Gasteiger partial charge in [-0.3, -0.25) is 4.79 Å². The van der Waals surface area contributed by atoms with Crippen molar-refractivity contribution in [1.82, 2.24) is 5.32 Å². The number of carbonyl (C=O) groups is 1. The van der Waals surface area contributed by atoms with Crippen LogP contribution in [0, 0.1) is 0 Å². The second-order valence-corrected chi connectivity index (χ2v) is 3.37. The first-order chi connectivity index (χ1) is 5.70. The van der Waals surface area contributed by atoms with E-state index in [0.717, 1.165) is 10.6 Å². The summed E-state index contributed by atoms with van der Waals surface area (Å²) in [6.07, 6.45) is 0.